The van der Waals surface area contributed by atoms with Gasteiger partial charge in [0.2, 0.25) is 0 Å². The molecule has 0 aromatic heterocycles. The van der Waals surface area contributed by atoms with Crippen LogP contribution in [0, 0.1) is 0 Å². The van der Waals surface area contributed by atoms with Crippen molar-refractivity contribution in [2.24, 2.45) is 0 Å². The van der Waals surface area contributed by atoms with E-state index in [2.05, 4.69) is 50.0 Å². The van der Waals surface area contributed by atoms with Crippen molar-refractivity contribution < 1.29 is 0 Å². The van der Waals surface area contributed by atoms with Crippen LogP contribution in [0.3, 0.4) is 0 Å². The monoisotopic (exact) mass is 241 g/mol. The Morgan fingerprint density at radius 2 is 1.88 bits per heavy atom. The van der Waals surface area contributed by atoms with Crippen LogP contribution in [0.15, 0.2) is 0 Å². The second-order valence-electron chi connectivity index (χ2n) is 5.51. The van der Waals surface area contributed by atoms with Crippen LogP contribution < -0.4 is 5.32 Å². The summed E-state index contributed by atoms with van der Waals surface area (Å²) in [5.41, 5.74) is 0. The third-order valence-electron chi connectivity index (χ3n) is 4.39. The summed E-state index contributed by atoms with van der Waals surface area (Å²) >= 11 is 0. The number of hydrogen-bond donors (Lipinski definition) is 1. The van der Waals surface area contributed by atoms with Gasteiger partial charge in [0.1, 0.15) is 0 Å². The van der Waals surface area contributed by atoms with Crippen LogP contribution in [0.5, 0.6) is 0 Å². The van der Waals surface area contributed by atoms with Crippen molar-refractivity contribution in [3.8, 4) is 0 Å². The average molecular weight is 241 g/mol. The van der Waals surface area contributed by atoms with Gasteiger partial charge in [0, 0.05) is 18.1 Å². The lowest BCUT2D eigenvalue weighted by Crippen LogP contribution is -2.52. The molecule has 3 nitrogen and oxygen atoms in total. The molecular weight excluding hydrogens is 210 g/mol. The van der Waals surface area contributed by atoms with E-state index >= 15 is 0 Å². The zero-order valence-corrected chi connectivity index (χ0v) is 12.4. The van der Waals surface area contributed by atoms with Gasteiger partial charge in [-0.3, -0.25) is 4.90 Å². The molecule has 1 rings (SSSR count). The lowest BCUT2D eigenvalue weighted by Gasteiger charge is -2.41. The quantitative estimate of drug-likeness (QED) is 0.765. The minimum Gasteiger partial charge on any atom is -0.313 e. The molecule has 1 fully saturated rings. The molecule has 1 aliphatic rings. The highest BCUT2D eigenvalue weighted by Crippen LogP contribution is 2.18. The van der Waals surface area contributed by atoms with Crippen LogP contribution in [0.25, 0.3) is 0 Å². The van der Waals surface area contributed by atoms with Gasteiger partial charge in [-0.2, -0.15) is 0 Å². The first-order valence-corrected chi connectivity index (χ1v) is 7.24. The lowest BCUT2D eigenvalue weighted by molar-refractivity contribution is 0.0948. The van der Waals surface area contributed by atoms with E-state index in [1.165, 1.54) is 32.4 Å². The molecule has 1 aliphatic heterocycles. The molecule has 0 aliphatic carbocycles. The average Bonchev–Trinajstić information content (AvgIpc) is 2.35. The summed E-state index contributed by atoms with van der Waals surface area (Å²) in [6, 6.07) is 2.03. The van der Waals surface area contributed by atoms with Crippen molar-refractivity contribution in [2.75, 3.05) is 33.7 Å². The summed E-state index contributed by atoms with van der Waals surface area (Å²) in [6.07, 6.45) is 3.85. The number of likely N-dealkylation sites (tertiary alicyclic amines) is 1. The fraction of sp³-hybridized carbons (Fsp3) is 1.00. The van der Waals surface area contributed by atoms with E-state index in [1.807, 2.05) is 0 Å². The maximum atomic E-state index is 3.61. The second kappa shape index (κ2) is 7.34. The second-order valence-corrected chi connectivity index (χ2v) is 5.51. The Bertz CT molecular complexity index is 200. The molecule has 1 N–H and O–H groups in total. The highest BCUT2D eigenvalue weighted by atomic mass is 15.2. The van der Waals surface area contributed by atoms with Crippen molar-refractivity contribution in [1.82, 2.24) is 15.1 Å². The zero-order chi connectivity index (χ0) is 12.8. The smallest absolute Gasteiger partial charge is 0.0220 e. The molecule has 3 heteroatoms. The van der Waals surface area contributed by atoms with E-state index in [0.717, 1.165) is 12.6 Å². The molecule has 0 aromatic carbocycles. The van der Waals surface area contributed by atoms with E-state index in [-0.39, 0.29) is 0 Å². The van der Waals surface area contributed by atoms with Crippen LogP contribution >= 0.6 is 0 Å². The van der Waals surface area contributed by atoms with Gasteiger partial charge in [-0.1, -0.05) is 13.8 Å². The maximum absolute atomic E-state index is 3.61. The number of nitrogens with one attached hydrogen (secondary N) is 1. The molecule has 17 heavy (non-hydrogen) atoms. The Morgan fingerprint density at radius 1 is 1.29 bits per heavy atom. The van der Waals surface area contributed by atoms with E-state index in [9.17, 15) is 0 Å². The topological polar surface area (TPSA) is 18.5 Å². The van der Waals surface area contributed by atoms with Crippen LogP contribution in [-0.4, -0.2) is 61.7 Å². The van der Waals surface area contributed by atoms with E-state index in [1.54, 1.807) is 0 Å². The first-order valence-electron chi connectivity index (χ1n) is 7.24. The Kier molecular flexibility index (Phi) is 6.45. The molecule has 0 bridgehead atoms. The Morgan fingerprint density at radius 3 is 2.35 bits per heavy atom. The third kappa shape index (κ3) is 4.23. The van der Waals surface area contributed by atoms with Gasteiger partial charge in [-0.15, -0.1) is 0 Å². The highest BCUT2D eigenvalue weighted by Gasteiger charge is 2.27. The van der Waals surface area contributed by atoms with Crippen molar-refractivity contribution in [3.63, 3.8) is 0 Å². The summed E-state index contributed by atoms with van der Waals surface area (Å²) in [7, 11) is 4.54. The molecule has 0 saturated carbocycles. The number of nitrogens with zero attached hydrogens (tertiary/aromatic N) is 2. The molecule has 0 aromatic rings. The molecule has 0 radical (unpaired) electrons. The van der Waals surface area contributed by atoms with E-state index in [0.29, 0.717) is 12.1 Å². The van der Waals surface area contributed by atoms with Crippen molar-refractivity contribution in [1.29, 1.82) is 0 Å². The number of likely N-dealkylation sites (N-methyl/N-ethyl adjacent to an activating group) is 2. The SMILES string of the molecule is CCNC(CC)C(C)N(C)C1CCN(C)CC1. The summed E-state index contributed by atoms with van der Waals surface area (Å²) in [6.45, 7) is 10.4. The summed E-state index contributed by atoms with van der Waals surface area (Å²) in [4.78, 5) is 5.04. The van der Waals surface area contributed by atoms with Crippen molar-refractivity contribution in [2.45, 2.75) is 58.2 Å². The van der Waals surface area contributed by atoms with Crippen LogP contribution in [-0.2, 0) is 0 Å². The van der Waals surface area contributed by atoms with Gasteiger partial charge in [-0.05, 0) is 59.9 Å². The molecule has 0 spiro atoms. The number of rotatable bonds is 6. The number of hydrogen-bond acceptors (Lipinski definition) is 3. The van der Waals surface area contributed by atoms with Gasteiger partial charge in [0.05, 0.1) is 0 Å². The number of piperidine rings is 1. The minimum absolute atomic E-state index is 0.629. The van der Waals surface area contributed by atoms with E-state index in [4.69, 9.17) is 0 Å². The normalized spacial score (nSPS) is 22.9. The Labute approximate surface area is 108 Å². The molecule has 1 saturated heterocycles. The fourth-order valence-electron chi connectivity index (χ4n) is 2.94. The lowest BCUT2D eigenvalue weighted by atomic mass is 9.99. The molecule has 2 atom stereocenters. The minimum atomic E-state index is 0.629. The molecule has 102 valence electrons. The van der Waals surface area contributed by atoms with Gasteiger partial charge in [0.15, 0.2) is 0 Å². The first kappa shape index (κ1) is 14.9. The van der Waals surface area contributed by atoms with Gasteiger partial charge in [0.25, 0.3) is 0 Å². The van der Waals surface area contributed by atoms with Crippen LogP contribution in [0.4, 0.5) is 0 Å². The highest BCUT2D eigenvalue weighted by molar-refractivity contribution is 4.85. The summed E-state index contributed by atoms with van der Waals surface area (Å²) in [5, 5.41) is 3.61. The molecule has 0 amide bonds. The van der Waals surface area contributed by atoms with Crippen molar-refractivity contribution >= 4 is 0 Å². The van der Waals surface area contributed by atoms with E-state index < -0.39 is 0 Å². The van der Waals surface area contributed by atoms with Crippen molar-refractivity contribution in [3.05, 3.63) is 0 Å². The van der Waals surface area contributed by atoms with Gasteiger partial charge >= 0.3 is 0 Å². The first-order chi connectivity index (χ1) is 8.10. The standard InChI is InChI=1S/C14H31N3/c1-6-14(15-7-2)12(3)17(5)13-8-10-16(4)11-9-13/h12-15H,6-11H2,1-5H3. The van der Waals surface area contributed by atoms with Crippen LogP contribution in [0.2, 0.25) is 0 Å². The third-order valence-corrected chi connectivity index (χ3v) is 4.39. The van der Waals surface area contributed by atoms with Gasteiger partial charge in [-0.25, -0.2) is 0 Å². The molecular formula is C14H31N3. The molecule has 2 unspecified atom stereocenters. The fourth-order valence-corrected chi connectivity index (χ4v) is 2.94. The summed E-state index contributed by atoms with van der Waals surface area (Å²) < 4.78 is 0. The predicted molar refractivity (Wildman–Crippen MR) is 75.5 cm³/mol. The Balaban J connectivity index is 2.46. The largest absolute Gasteiger partial charge is 0.313 e. The van der Waals surface area contributed by atoms with Gasteiger partial charge < -0.3 is 10.2 Å². The molecule has 1 heterocycles. The van der Waals surface area contributed by atoms with Crippen LogP contribution in [0.1, 0.15) is 40.0 Å². The maximum Gasteiger partial charge on any atom is 0.0220 e. The summed E-state index contributed by atoms with van der Waals surface area (Å²) in [5.74, 6) is 0. The predicted octanol–water partition coefficient (Wildman–Crippen LogP) is 1.79. The zero-order valence-electron chi connectivity index (χ0n) is 12.4. The Hall–Kier alpha value is -0.120.